The average Bonchev–Trinajstić information content (AvgIpc) is 2.59. The van der Waals surface area contributed by atoms with Crippen molar-refractivity contribution >= 4 is 11.9 Å². The Morgan fingerprint density at radius 3 is 2.79 bits per heavy atom. The van der Waals surface area contributed by atoms with Crippen LogP contribution in [-0.4, -0.2) is 29.4 Å². The molecule has 2 saturated carbocycles. The molecule has 128 valence electrons. The SMILES string of the molecule is C[C@@H]1C[C@H]2CC(=O)[C@@H]3C[C@H]2[C@H](C1)N(C(=O)OCc1ccccc1)C3. The second-order valence-corrected chi connectivity index (χ2v) is 7.86. The van der Waals surface area contributed by atoms with Gasteiger partial charge in [-0.2, -0.15) is 0 Å². The molecule has 0 aromatic heterocycles. The third-order valence-corrected chi connectivity index (χ3v) is 6.18. The van der Waals surface area contributed by atoms with Crippen LogP contribution < -0.4 is 0 Å². The van der Waals surface area contributed by atoms with Gasteiger partial charge in [-0.3, -0.25) is 4.79 Å². The fourth-order valence-corrected chi connectivity index (χ4v) is 5.08. The highest BCUT2D eigenvalue weighted by Gasteiger charge is 2.51. The second kappa shape index (κ2) is 6.23. The number of likely N-dealkylation sites (tertiary alicyclic amines) is 1. The molecule has 2 aliphatic carbocycles. The van der Waals surface area contributed by atoms with Crippen LogP contribution in [0.1, 0.15) is 38.2 Å². The third kappa shape index (κ3) is 2.83. The van der Waals surface area contributed by atoms with E-state index in [4.69, 9.17) is 4.74 Å². The maximum Gasteiger partial charge on any atom is 0.410 e. The van der Waals surface area contributed by atoms with Gasteiger partial charge in [0.15, 0.2) is 0 Å². The van der Waals surface area contributed by atoms with Gasteiger partial charge >= 0.3 is 6.09 Å². The van der Waals surface area contributed by atoms with E-state index >= 15 is 0 Å². The van der Waals surface area contributed by atoms with Gasteiger partial charge in [-0.05, 0) is 42.6 Å². The fourth-order valence-electron chi connectivity index (χ4n) is 5.08. The molecule has 5 atom stereocenters. The molecule has 0 radical (unpaired) electrons. The molecule has 4 nitrogen and oxygen atoms in total. The van der Waals surface area contributed by atoms with Gasteiger partial charge in [-0.1, -0.05) is 37.3 Å². The molecule has 0 N–H and O–H groups in total. The number of carbonyl (C=O) groups is 2. The topological polar surface area (TPSA) is 46.6 Å². The first kappa shape index (κ1) is 15.7. The molecule has 0 unspecified atom stereocenters. The van der Waals surface area contributed by atoms with Crippen molar-refractivity contribution in [1.82, 2.24) is 4.90 Å². The number of carbonyl (C=O) groups excluding carboxylic acids is 2. The zero-order valence-corrected chi connectivity index (χ0v) is 14.2. The molecule has 2 bridgehead atoms. The highest BCUT2D eigenvalue weighted by molar-refractivity contribution is 5.83. The molecule has 24 heavy (non-hydrogen) atoms. The van der Waals surface area contributed by atoms with Crippen molar-refractivity contribution in [3.63, 3.8) is 0 Å². The molecule has 0 spiro atoms. The van der Waals surface area contributed by atoms with E-state index < -0.39 is 0 Å². The number of nitrogens with zero attached hydrogens (tertiary/aromatic N) is 1. The summed E-state index contributed by atoms with van der Waals surface area (Å²) in [6.45, 7) is 3.09. The standard InChI is InChI=1S/C20H25NO3/c1-13-7-15-10-19(22)16-9-17(15)18(8-13)21(11-16)20(23)24-12-14-5-3-2-4-6-14/h2-6,13,15-18H,7-12H2,1H3/t13-,15+,16-,17-,18+/m1/s1. The molecule has 3 aliphatic rings. The molecule has 4 rings (SSSR count). The summed E-state index contributed by atoms with van der Waals surface area (Å²) in [7, 11) is 0. The van der Waals surface area contributed by atoms with E-state index in [1.54, 1.807) is 0 Å². The Kier molecular flexibility index (Phi) is 4.07. The van der Waals surface area contributed by atoms with Gasteiger partial charge in [-0.25, -0.2) is 4.79 Å². The first-order valence-corrected chi connectivity index (χ1v) is 9.12. The summed E-state index contributed by atoms with van der Waals surface area (Å²) in [5.41, 5.74) is 0.994. The number of ether oxygens (including phenoxy) is 1. The Bertz CT molecular complexity index is 629. The van der Waals surface area contributed by atoms with Crippen LogP contribution in [0.2, 0.25) is 0 Å². The fraction of sp³-hybridized carbons (Fsp3) is 0.600. The maximum absolute atomic E-state index is 12.7. The van der Waals surface area contributed by atoms with Crippen molar-refractivity contribution in [3.05, 3.63) is 35.9 Å². The Morgan fingerprint density at radius 2 is 2.00 bits per heavy atom. The van der Waals surface area contributed by atoms with Gasteiger partial charge in [0.1, 0.15) is 12.4 Å². The molecule has 4 heteroatoms. The largest absolute Gasteiger partial charge is 0.445 e. The van der Waals surface area contributed by atoms with Crippen LogP contribution in [0.5, 0.6) is 0 Å². The first-order chi connectivity index (χ1) is 11.6. The van der Waals surface area contributed by atoms with Gasteiger partial charge in [-0.15, -0.1) is 0 Å². The van der Waals surface area contributed by atoms with Crippen LogP contribution in [0.25, 0.3) is 0 Å². The molecular weight excluding hydrogens is 302 g/mol. The second-order valence-electron chi connectivity index (χ2n) is 7.86. The quantitative estimate of drug-likeness (QED) is 0.833. The van der Waals surface area contributed by atoms with Crippen molar-refractivity contribution in [2.75, 3.05) is 6.54 Å². The summed E-state index contributed by atoms with van der Waals surface area (Å²) in [5.74, 6) is 1.90. The monoisotopic (exact) mass is 327 g/mol. The van der Waals surface area contributed by atoms with E-state index in [1.807, 2.05) is 35.2 Å². The van der Waals surface area contributed by atoms with Crippen LogP contribution in [0, 0.1) is 23.7 Å². The summed E-state index contributed by atoms with van der Waals surface area (Å²) in [6.07, 6.45) is 3.63. The number of benzene rings is 1. The normalized spacial score (nSPS) is 34.8. The summed E-state index contributed by atoms with van der Waals surface area (Å²) in [4.78, 5) is 27.0. The number of amides is 1. The van der Waals surface area contributed by atoms with Gasteiger partial charge in [0, 0.05) is 24.9 Å². The molecule has 3 fully saturated rings. The average molecular weight is 327 g/mol. The van der Waals surface area contributed by atoms with Crippen molar-refractivity contribution in [3.8, 4) is 0 Å². The number of fused-ring (bicyclic) bond motifs is 1. The molecule has 1 heterocycles. The molecule has 1 aromatic rings. The number of hydrogen-bond acceptors (Lipinski definition) is 3. The van der Waals surface area contributed by atoms with E-state index in [1.165, 1.54) is 0 Å². The highest BCUT2D eigenvalue weighted by Crippen LogP contribution is 2.48. The van der Waals surface area contributed by atoms with Crippen LogP contribution in [-0.2, 0) is 16.1 Å². The van der Waals surface area contributed by atoms with Crippen LogP contribution >= 0.6 is 0 Å². The Morgan fingerprint density at radius 1 is 1.21 bits per heavy atom. The summed E-state index contributed by atoms with van der Waals surface area (Å²) in [6, 6.07) is 10.0. The lowest BCUT2D eigenvalue weighted by Gasteiger charge is -2.53. The summed E-state index contributed by atoms with van der Waals surface area (Å²) >= 11 is 0. The van der Waals surface area contributed by atoms with E-state index in [0.29, 0.717) is 36.7 Å². The van der Waals surface area contributed by atoms with E-state index in [0.717, 1.165) is 31.2 Å². The zero-order valence-electron chi connectivity index (χ0n) is 14.2. The van der Waals surface area contributed by atoms with E-state index in [2.05, 4.69) is 6.92 Å². The smallest absolute Gasteiger partial charge is 0.410 e. The molecule has 1 amide bonds. The minimum atomic E-state index is -0.249. The molecule has 1 aromatic carbocycles. The summed E-state index contributed by atoms with van der Waals surface area (Å²) < 4.78 is 5.57. The molecular formula is C20H25NO3. The minimum Gasteiger partial charge on any atom is -0.445 e. The van der Waals surface area contributed by atoms with Gasteiger partial charge < -0.3 is 9.64 Å². The number of piperidine rings is 1. The van der Waals surface area contributed by atoms with Crippen molar-refractivity contribution in [2.45, 2.75) is 45.3 Å². The lowest BCUT2D eigenvalue weighted by molar-refractivity contribution is -0.136. The lowest BCUT2D eigenvalue weighted by atomic mass is 9.60. The van der Waals surface area contributed by atoms with Crippen LogP contribution in [0.4, 0.5) is 4.79 Å². The molecule has 1 saturated heterocycles. The Hall–Kier alpha value is -1.84. The first-order valence-electron chi connectivity index (χ1n) is 9.12. The van der Waals surface area contributed by atoms with Gasteiger partial charge in [0.25, 0.3) is 0 Å². The van der Waals surface area contributed by atoms with E-state index in [9.17, 15) is 9.59 Å². The molecule has 1 aliphatic heterocycles. The maximum atomic E-state index is 12.7. The third-order valence-electron chi connectivity index (χ3n) is 6.18. The van der Waals surface area contributed by atoms with Gasteiger partial charge in [0.05, 0.1) is 0 Å². The van der Waals surface area contributed by atoms with Crippen molar-refractivity contribution in [1.29, 1.82) is 0 Å². The van der Waals surface area contributed by atoms with Crippen LogP contribution in [0.15, 0.2) is 30.3 Å². The van der Waals surface area contributed by atoms with Crippen LogP contribution in [0.3, 0.4) is 0 Å². The van der Waals surface area contributed by atoms with Crippen molar-refractivity contribution < 1.29 is 14.3 Å². The minimum absolute atomic E-state index is 0.0279. The lowest BCUT2D eigenvalue weighted by Crippen LogP contribution is -2.59. The Labute approximate surface area is 143 Å². The number of hydrogen-bond donors (Lipinski definition) is 0. The zero-order chi connectivity index (χ0) is 16.7. The predicted octanol–water partition coefficient (Wildman–Crippen LogP) is 3.65. The number of ketones is 1. The number of Topliss-reactive ketones (excluding diaryl/α,β-unsaturated/α-hetero) is 1. The predicted molar refractivity (Wildman–Crippen MR) is 90.2 cm³/mol. The van der Waals surface area contributed by atoms with Gasteiger partial charge in [0.2, 0.25) is 0 Å². The Balaban J connectivity index is 1.49. The number of rotatable bonds is 2. The highest BCUT2D eigenvalue weighted by atomic mass is 16.6. The summed E-state index contributed by atoms with van der Waals surface area (Å²) in [5, 5.41) is 0. The van der Waals surface area contributed by atoms with Crippen molar-refractivity contribution in [2.24, 2.45) is 23.7 Å². The van der Waals surface area contributed by atoms with E-state index in [-0.39, 0.29) is 18.1 Å².